The van der Waals surface area contributed by atoms with E-state index >= 15 is 0 Å². The van der Waals surface area contributed by atoms with Gasteiger partial charge in [0, 0.05) is 11.1 Å². The SMILES string of the molecule is CCC(O)CCNC(CC)c1ccc(Cl)cc1. The van der Waals surface area contributed by atoms with Crippen LogP contribution >= 0.6 is 11.6 Å². The summed E-state index contributed by atoms with van der Waals surface area (Å²) >= 11 is 5.87. The second-order valence-electron chi connectivity index (χ2n) is 4.32. The molecule has 0 bridgehead atoms. The topological polar surface area (TPSA) is 32.3 Å². The van der Waals surface area contributed by atoms with E-state index in [1.807, 2.05) is 19.1 Å². The quantitative estimate of drug-likeness (QED) is 0.781. The highest BCUT2D eigenvalue weighted by Gasteiger charge is 2.09. The van der Waals surface area contributed by atoms with Crippen molar-refractivity contribution in [2.45, 2.75) is 45.3 Å². The van der Waals surface area contributed by atoms with E-state index in [-0.39, 0.29) is 6.10 Å². The Bertz CT molecular complexity index is 313. The maximum Gasteiger partial charge on any atom is 0.0549 e. The van der Waals surface area contributed by atoms with E-state index in [0.29, 0.717) is 6.04 Å². The van der Waals surface area contributed by atoms with Crippen LogP contribution in [0.1, 0.15) is 44.7 Å². The van der Waals surface area contributed by atoms with Crippen LogP contribution in [0.5, 0.6) is 0 Å². The maximum absolute atomic E-state index is 9.49. The molecule has 1 aromatic carbocycles. The smallest absolute Gasteiger partial charge is 0.0549 e. The summed E-state index contributed by atoms with van der Waals surface area (Å²) in [6.07, 6.45) is 2.47. The third-order valence-corrected chi connectivity index (χ3v) is 3.27. The molecule has 1 aromatic rings. The Balaban J connectivity index is 2.45. The summed E-state index contributed by atoms with van der Waals surface area (Å²) < 4.78 is 0. The molecule has 0 aliphatic carbocycles. The lowest BCUT2D eigenvalue weighted by atomic mass is 10.0. The van der Waals surface area contributed by atoms with Crippen molar-refractivity contribution in [3.8, 4) is 0 Å². The molecule has 0 radical (unpaired) electrons. The monoisotopic (exact) mass is 255 g/mol. The molecular formula is C14H22ClNO. The van der Waals surface area contributed by atoms with Gasteiger partial charge in [0.25, 0.3) is 0 Å². The lowest BCUT2D eigenvalue weighted by Gasteiger charge is -2.18. The standard InChI is InChI=1S/C14H22ClNO/c1-3-13(17)9-10-16-14(4-2)11-5-7-12(15)8-6-11/h5-8,13-14,16-17H,3-4,9-10H2,1-2H3. The summed E-state index contributed by atoms with van der Waals surface area (Å²) in [5, 5.41) is 13.7. The van der Waals surface area contributed by atoms with Crippen LogP contribution in [0.3, 0.4) is 0 Å². The van der Waals surface area contributed by atoms with Crippen LogP contribution in [-0.4, -0.2) is 17.8 Å². The third kappa shape index (κ3) is 5.07. The first-order valence-electron chi connectivity index (χ1n) is 6.34. The average Bonchev–Trinajstić information content (AvgIpc) is 2.35. The third-order valence-electron chi connectivity index (χ3n) is 3.02. The number of rotatable bonds is 7. The van der Waals surface area contributed by atoms with Crippen LogP contribution < -0.4 is 5.32 Å². The van der Waals surface area contributed by atoms with Crippen LogP contribution in [-0.2, 0) is 0 Å². The van der Waals surface area contributed by atoms with Crippen molar-refractivity contribution < 1.29 is 5.11 Å². The molecule has 2 N–H and O–H groups in total. The van der Waals surface area contributed by atoms with Crippen LogP contribution in [0.25, 0.3) is 0 Å². The second kappa shape index (κ2) is 7.70. The number of halogens is 1. The summed E-state index contributed by atoms with van der Waals surface area (Å²) in [4.78, 5) is 0. The van der Waals surface area contributed by atoms with Gasteiger partial charge in [-0.3, -0.25) is 0 Å². The van der Waals surface area contributed by atoms with E-state index in [9.17, 15) is 5.11 Å². The van der Waals surface area contributed by atoms with Gasteiger partial charge in [0.2, 0.25) is 0 Å². The van der Waals surface area contributed by atoms with Crippen molar-refractivity contribution >= 4 is 11.6 Å². The maximum atomic E-state index is 9.49. The van der Waals surface area contributed by atoms with Gasteiger partial charge in [-0.25, -0.2) is 0 Å². The highest BCUT2D eigenvalue weighted by Crippen LogP contribution is 2.19. The molecule has 2 unspecified atom stereocenters. The van der Waals surface area contributed by atoms with Crippen molar-refractivity contribution in [3.05, 3.63) is 34.9 Å². The zero-order valence-electron chi connectivity index (χ0n) is 10.6. The minimum absolute atomic E-state index is 0.190. The van der Waals surface area contributed by atoms with E-state index in [2.05, 4.69) is 24.4 Å². The zero-order valence-corrected chi connectivity index (χ0v) is 11.4. The molecule has 96 valence electrons. The van der Waals surface area contributed by atoms with Gasteiger partial charge in [0.15, 0.2) is 0 Å². The molecule has 0 spiro atoms. The van der Waals surface area contributed by atoms with Gasteiger partial charge < -0.3 is 10.4 Å². The lowest BCUT2D eigenvalue weighted by molar-refractivity contribution is 0.158. The number of aliphatic hydroxyl groups is 1. The fourth-order valence-corrected chi connectivity index (χ4v) is 1.95. The first-order valence-corrected chi connectivity index (χ1v) is 6.72. The van der Waals surface area contributed by atoms with E-state index in [4.69, 9.17) is 11.6 Å². The van der Waals surface area contributed by atoms with Gasteiger partial charge in [0.05, 0.1) is 6.10 Å². The predicted octanol–water partition coefficient (Wildman–Crippen LogP) is 3.54. The molecule has 0 amide bonds. The summed E-state index contributed by atoms with van der Waals surface area (Å²) in [6, 6.07) is 8.29. The molecule has 0 aliphatic heterocycles. The zero-order chi connectivity index (χ0) is 12.7. The van der Waals surface area contributed by atoms with Gasteiger partial charge >= 0.3 is 0 Å². The van der Waals surface area contributed by atoms with Crippen LogP contribution in [0, 0.1) is 0 Å². The van der Waals surface area contributed by atoms with Gasteiger partial charge in [0.1, 0.15) is 0 Å². The van der Waals surface area contributed by atoms with E-state index in [1.165, 1.54) is 5.56 Å². The minimum atomic E-state index is -0.190. The minimum Gasteiger partial charge on any atom is -0.393 e. The molecule has 3 heteroatoms. The summed E-state index contributed by atoms with van der Waals surface area (Å²) in [5.41, 5.74) is 1.25. The summed E-state index contributed by atoms with van der Waals surface area (Å²) in [5.74, 6) is 0. The Kier molecular flexibility index (Phi) is 6.56. The first kappa shape index (κ1) is 14.5. The van der Waals surface area contributed by atoms with Gasteiger partial charge in [-0.2, -0.15) is 0 Å². The van der Waals surface area contributed by atoms with Crippen molar-refractivity contribution in [1.82, 2.24) is 5.32 Å². The number of hydrogen-bond acceptors (Lipinski definition) is 2. The highest BCUT2D eigenvalue weighted by molar-refractivity contribution is 6.30. The van der Waals surface area contributed by atoms with E-state index < -0.39 is 0 Å². The first-order chi connectivity index (χ1) is 8.17. The van der Waals surface area contributed by atoms with Gasteiger partial charge in [-0.15, -0.1) is 0 Å². The molecule has 0 heterocycles. The molecule has 0 saturated heterocycles. The lowest BCUT2D eigenvalue weighted by Crippen LogP contribution is -2.24. The van der Waals surface area contributed by atoms with Crippen LogP contribution in [0.4, 0.5) is 0 Å². The fourth-order valence-electron chi connectivity index (χ4n) is 1.82. The number of nitrogens with one attached hydrogen (secondary N) is 1. The average molecular weight is 256 g/mol. The molecule has 1 rings (SSSR count). The van der Waals surface area contributed by atoms with Crippen molar-refractivity contribution in [1.29, 1.82) is 0 Å². The molecule has 0 aliphatic rings. The van der Waals surface area contributed by atoms with Crippen LogP contribution in [0.15, 0.2) is 24.3 Å². The predicted molar refractivity (Wildman–Crippen MR) is 73.4 cm³/mol. The Morgan fingerprint density at radius 2 is 1.82 bits per heavy atom. The Hall–Kier alpha value is -0.570. The fraction of sp³-hybridized carbons (Fsp3) is 0.571. The number of benzene rings is 1. The van der Waals surface area contributed by atoms with Crippen molar-refractivity contribution in [2.75, 3.05) is 6.54 Å². The second-order valence-corrected chi connectivity index (χ2v) is 4.75. The molecule has 0 fully saturated rings. The molecule has 2 nitrogen and oxygen atoms in total. The van der Waals surface area contributed by atoms with E-state index in [1.54, 1.807) is 0 Å². The van der Waals surface area contributed by atoms with Gasteiger partial charge in [-0.1, -0.05) is 37.6 Å². The van der Waals surface area contributed by atoms with E-state index in [0.717, 1.165) is 30.8 Å². The van der Waals surface area contributed by atoms with Crippen molar-refractivity contribution in [3.63, 3.8) is 0 Å². The Morgan fingerprint density at radius 3 is 2.35 bits per heavy atom. The largest absolute Gasteiger partial charge is 0.393 e. The summed E-state index contributed by atoms with van der Waals surface area (Å²) in [7, 11) is 0. The Morgan fingerprint density at radius 1 is 1.18 bits per heavy atom. The normalized spacial score (nSPS) is 14.6. The highest BCUT2D eigenvalue weighted by atomic mass is 35.5. The molecule has 17 heavy (non-hydrogen) atoms. The molecule has 2 atom stereocenters. The number of hydrogen-bond donors (Lipinski definition) is 2. The molecule has 0 saturated carbocycles. The van der Waals surface area contributed by atoms with Crippen LogP contribution in [0.2, 0.25) is 5.02 Å². The molecular weight excluding hydrogens is 234 g/mol. The van der Waals surface area contributed by atoms with Crippen molar-refractivity contribution in [2.24, 2.45) is 0 Å². The van der Waals surface area contributed by atoms with Gasteiger partial charge in [-0.05, 0) is 43.5 Å². The molecule has 0 aromatic heterocycles. The summed E-state index contributed by atoms with van der Waals surface area (Å²) in [6.45, 7) is 5.00. The Labute approximate surface area is 109 Å². The number of aliphatic hydroxyl groups excluding tert-OH is 1.